The molecule has 1 aliphatic rings. The summed E-state index contributed by atoms with van der Waals surface area (Å²) in [6, 6.07) is 0.272. The molecule has 0 spiro atoms. The van der Waals surface area contributed by atoms with Gasteiger partial charge < -0.3 is 16.0 Å². The van der Waals surface area contributed by atoms with E-state index in [1.807, 2.05) is 0 Å². The van der Waals surface area contributed by atoms with Gasteiger partial charge in [0.1, 0.15) is 10.7 Å². The van der Waals surface area contributed by atoms with E-state index < -0.39 is 0 Å². The molecule has 0 bridgehead atoms. The van der Waals surface area contributed by atoms with Crippen LogP contribution in [-0.4, -0.2) is 41.5 Å². The van der Waals surface area contributed by atoms with Crippen molar-refractivity contribution in [3.63, 3.8) is 0 Å². The Morgan fingerprint density at radius 3 is 2.80 bits per heavy atom. The third-order valence-corrected chi connectivity index (χ3v) is 4.38. The average Bonchev–Trinajstić information content (AvgIpc) is 2.89. The van der Waals surface area contributed by atoms with Gasteiger partial charge in [0.2, 0.25) is 0 Å². The maximum Gasteiger partial charge on any atom is 0.270 e. The second-order valence-electron chi connectivity index (χ2n) is 5.77. The van der Waals surface area contributed by atoms with Gasteiger partial charge >= 0.3 is 0 Å². The van der Waals surface area contributed by atoms with Crippen LogP contribution in [0.25, 0.3) is 0 Å². The van der Waals surface area contributed by atoms with Crippen molar-refractivity contribution in [2.75, 3.05) is 19.6 Å². The number of carbonyl (C=O) groups is 1. The molecule has 20 heavy (non-hydrogen) atoms. The van der Waals surface area contributed by atoms with Crippen LogP contribution in [0.1, 0.15) is 42.2 Å². The topological polar surface area (TPSA) is 71.2 Å². The lowest BCUT2D eigenvalue weighted by atomic mass is 10.0. The van der Waals surface area contributed by atoms with Gasteiger partial charge in [0.15, 0.2) is 0 Å². The molecule has 1 aromatic heterocycles. The van der Waals surface area contributed by atoms with Crippen molar-refractivity contribution in [1.29, 1.82) is 0 Å². The van der Waals surface area contributed by atoms with Crippen LogP contribution in [0.15, 0.2) is 5.38 Å². The smallest absolute Gasteiger partial charge is 0.270 e. The molecule has 1 saturated heterocycles. The predicted octanol–water partition coefficient (Wildman–Crippen LogP) is 1.45. The summed E-state index contributed by atoms with van der Waals surface area (Å²) in [5.41, 5.74) is 6.01. The minimum atomic E-state index is -0.0664. The average molecular weight is 296 g/mol. The monoisotopic (exact) mass is 296 g/mol. The fraction of sp³-hybridized carbons (Fsp3) is 0.714. The van der Waals surface area contributed by atoms with Crippen LogP contribution in [0.3, 0.4) is 0 Å². The molecule has 1 aliphatic heterocycles. The molecule has 0 atom stereocenters. The lowest BCUT2D eigenvalue weighted by Crippen LogP contribution is -2.45. The zero-order valence-corrected chi connectivity index (χ0v) is 13.1. The van der Waals surface area contributed by atoms with Gasteiger partial charge in [-0.1, -0.05) is 13.8 Å². The Labute approximate surface area is 124 Å². The summed E-state index contributed by atoms with van der Waals surface area (Å²) < 4.78 is 0. The molecule has 0 radical (unpaired) electrons. The van der Waals surface area contributed by atoms with Crippen molar-refractivity contribution in [3.05, 3.63) is 16.1 Å². The molecular weight excluding hydrogens is 272 g/mol. The highest BCUT2D eigenvalue weighted by molar-refractivity contribution is 7.09. The summed E-state index contributed by atoms with van der Waals surface area (Å²) in [7, 11) is 0. The maximum atomic E-state index is 12.1. The Hall–Kier alpha value is -0.980. The van der Waals surface area contributed by atoms with Crippen molar-refractivity contribution in [2.24, 2.45) is 11.7 Å². The fourth-order valence-electron chi connectivity index (χ4n) is 2.54. The lowest BCUT2D eigenvalue weighted by molar-refractivity contribution is 0.0903. The van der Waals surface area contributed by atoms with Gasteiger partial charge in [-0.15, -0.1) is 11.3 Å². The summed E-state index contributed by atoms with van der Waals surface area (Å²) in [4.78, 5) is 18.8. The van der Waals surface area contributed by atoms with E-state index in [9.17, 15) is 4.79 Å². The first kappa shape index (κ1) is 15.4. The minimum absolute atomic E-state index is 0.0664. The third-order valence-electron chi connectivity index (χ3n) is 3.51. The van der Waals surface area contributed by atoms with Gasteiger partial charge in [0.05, 0.1) is 0 Å². The molecule has 2 heterocycles. The molecule has 112 valence electrons. The quantitative estimate of drug-likeness (QED) is 0.863. The van der Waals surface area contributed by atoms with Crippen molar-refractivity contribution < 1.29 is 4.79 Å². The van der Waals surface area contributed by atoms with Gasteiger partial charge in [0, 0.05) is 37.6 Å². The van der Waals surface area contributed by atoms with E-state index in [0.29, 0.717) is 18.2 Å². The highest BCUT2D eigenvalue weighted by Gasteiger charge is 2.22. The molecule has 2 rings (SSSR count). The number of nitrogens with zero attached hydrogens (tertiary/aromatic N) is 2. The van der Waals surface area contributed by atoms with E-state index in [-0.39, 0.29) is 11.9 Å². The number of rotatable bonds is 5. The number of nitrogens with one attached hydrogen (secondary N) is 1. The van der Waals surface area contributed by atoms with E-state index in [1.165, 1.54) is 11.3 Å². The SMILES string of the molecule is CC(C)CN1CCC(NC(=O)c2csc(CN)n2)CC1. The number of likely N-dealkylation sites (tertiary alicyclic amines) is 1. The Kier molecular flexibility index (Phi) is 5.51. The molecule has 5 nitrogen and oxygen atoms in total. The molecule has 1 fully saturated rings. The van der Waals surface area contributed by atoms with Gasteiger partial charge in [0.25, 0.3) is 5.91 Å². The molecule has 1 amide bonds. The van der Waals surface area contributed by atoms with E-state index in [4.69, 9.17) is 5.73 Å². The maximum absolute atomic E-state index is 12.1. The fourth-order valence-corrected chi connectivity index (χ4v) is 3.20. The summed E-state index contributed by atoms with van der Waals surface area (Å²) in [5.74, 6) is 0.633. The van der Waals surface area contributed by atoms with Crippen molar-refractivity contribution in [1.82, 2.24) is 15.2 Å². The van der Waals surface area contributed by atoms with Crippen LogP contribution in [0.2, 0.25) is 0 Å². The van der Waals surface area contributed by atoms with Crippen LogP contribution in [-0.2, 0) is 6.54 Å². The van der Waals surface area contributed by atoms with E-state index >= 15 is 0 Å². The van der Waals surface area contributed by atoms with Crippen LogP contribution >= 0.6 is 11.3 Å². The highest BCUT2D eigenvalue weighted by atomic mass is 32.1. The molecule has 0 unspecified atom stereocenters. The molecule has 0 saturated carbocycles. The van der Waals surface area contributed by atoms with Gasteiger partial charge in [-0.25, -0.2) is 4.98 Å². The number of piperidine rings is 1. The molecule has 1 aromatic rings. The number of amides is 1. The lowest BCUT2D eigenvalue weighted by Gasteiger charge is -2.33. The number of aromatic nitrogens is 1. The Balaban J connectivity index is 1.79. The van der Waals surface area contributed by atoms with Crippen molar-refractivity contribution >= 4 is 17.2 Å². The van der Waals surface area contributed by atoms with E-state index in [0.717, 1.165) is 37.5 Å². The summed E-state index contributed by atoms with van der Waals surface area (Å²) in [6.45, 7) is 8.15. The van der Waals surface area contributed by atoms with Gasteiger partial charge in [-0.05, 0) is 18.8 Å². The first-order valence-corrected chi connectivity index (χ1v) is 8.14. The number of nitrogens with two attached hydrogens (primary N) is 1. The van der Waals surface area contributed by atoms with Crippen molar-refractivity contribution in [3.8, 4) is 0 Å². The molecule has 0 aliphatic carbocycles. The van der Waals surface area contributed by atoms with Gasteiger partial charge in [-0.2, -0.15) is 0 Å². The van der Waals surface area contributed by atoms with Gasteiger partial charge in [-0.3, -0.25) is 4.79 Å². The standard InChI is InChI=1S/C14H24N4OS/c1-10(2)8-18-5-3-11(4-6-18)16-14(19)12-9-20-13(7-15)17-12/h9-11H,3-8,15H2,1-2H3,(H,16,19). The van der Waals surface area contributed by atoms with Crippen LogP contribution in [0.5, 0.6) is 0 Å². The zero-order valence-electron chi connectivity index (χ0n) is 12.3. The predicted molar refractivity (Wildman–Crippen MR) is 81.8 cm³/mol. The number of hydrogen-bond acceptors (Lipinski definition) is 5. The Morgan fingerprint density at radius 1 is 1.55 bits per heavy atom. The number of thiazole rings is 1. The number of hydrogen-bond donors (Lipinski definition) is 2. The molecule has 0 aromatic carbocycles. The van der Waals surface area contributed by atoms with E-state index in [2.05, 4.69) is 29.0 Å². The van der Waals surface area contributed by atoms with Crippen LogP contribution in [0.4, 0.5) is 0 Å². The molecular formula is C14H24N4OS. The summed E-state index contributed by atoms with van der Waals surface area (Å²) >= 11 is 1.44. The largest absolute Gasteiger partial charge is 0.348 e. The zero-order chi connectivity index (χ0) is 14.5. The number of carbonyl (C=O) groups excluding carboxylic acids is 1. The first-order chi connectivity index (χ1) is 9.58. The van der Waals surface area contributed by atoms with Crippen LogP contribution in [0, 0.1) is 5.92 Å². The second-order valence-corrected chi connectivity index (χ2v) is 6.72. The minimum Gasteiger partial charge on any atom is -0.348 e. The normalized spacial score (nSPS) is 17.6. The van der Waals surface area contributed by atoms with E-state index in [1.54, 1.807) is 5.38 Å². The highest BCUT2D eigenvalue weighted by Crippen LogP contribution is 2.14. The van der Waals surface area contributed by atoms with Crippen LogP contribution < -0.4 is 11.1 Å². The Bertz CT molecular complexity index is 438. The summed E-state index contributed by atoms with van der Waals surface area (Å²) in [6.07, 6.45) is 2.04. The summed E-state index contributed by atoms with van der Waals surface area (Å²) in [5, 5.41) is 5.67. The van der Waals surface area contributed by atoms with Crippen molar-refractivity contribution in [2.45, 2.75) is 39.3 Å². The third kappa shape index (κ3) is 4.26. The Morgan fingerprint density at radius 2 is 2.25 bits per heavy atom. The first-order valence-electron chi connectivity index (χ1n) is 7.26. The molecule has 6 heteroatoms. The second kappa shape index (κ2) is 7.15. The molecule has 3 N–H and O–H groups in total.